The molecule has 0 bridgehead atoms. The van der Waals surface area contributed by atoms with Gasteiger partial charge in [-0.2, -0.15) is 13.5 Å². The van der Waals surface area contributed by atoms with E-state index in [1.807, 2.05) is 0 Å². The second-order valence-corrected chi connectivity index (χ2v) is 5.71. The highest BCUT2D eigenvalue weighted by atomic mass is 32.2. The first kappa shape index (κ1) is 14.1. The minimum absolute atomic E-state index is 0.0175. The highest BCUT2D eigenvalue weighted by Crippen LogP contribution is 2.19. The number of nitrogens with two attached hydrogens (primary N) is 1. The summed E-state index contributed by atoms with van der Waals surface area (Å²) in [5.41, 5.74) is 7.37. The zero-order valence-corrected chi connectivity index (χ0v) is 11.7. The summed E-state index contributed by atoms with van der Waals surface area (Å²) in [6.45, 7) is 2.09. The molecule has 0 saturated heterocycles. The number of hydrogen-bond acceptors (Lipinski definition) is 4. The summed E-state index contributed by atoms with van der Waals surface area (Å²) < 4.78 is 26.6. The smallest absolute Gasteiger partial charge is 0.278 e. The molecule has 0 unspecified atom stereocenters. The molecule has 1 aromatic heterocycles. The van der Waals surface area contributed by atoms with Gasteiger partial charge < -0.3 is 5.73 Å². The number of nitrogens with zero attached hydrogens (tertiary/aromatic N) is 1. The van der Waals surface area contributed by atoms with Gasteiger partial charge in [-0.15, -0.1) is 0 Å². The van der Waals surface area contributed by atoms with Crippen molar-refractivity contribution in [2.45, 2.75) is 11.9 Å². The zero-order valence-electron chi connectivity index (χ0n) is 10.8. The van der Waals surface area contributed by atoms with Crippen LogP contribution >= 0.6 is 0 Å². The Morgan fingerprint density at radius 3 is 2.80 bits per heavy atom. The maximum Gasteiger partial charge on any atom is 0.278 e. The van der Waals surface area contributed by atoms with Crippen molar-refractivity contribution in [3.8, 4) is 11.8 Å². The van der Waals surface area contributed by atoms with Crippen LogP contribution in [-0.2, 0) is 10.0 Å². The van der Waals surface area contributed by atoms with Gasteiger partial charge >= 0.3 is 0 Å². The lowest BCUT2D eigenvalue weighted by atomic mass is 10.1. The number of sulfonamides is 1. The van der Waals surface area contributed by atoms with Crippen molar-refractivity contribution in [3.63, 3.8) is 0 Å². The topological polar surface area (TPSA) is 101 Å². The molecule has 0 spiro atoms. The molecule has 7 heteroatoms. The van der Waals surface area contributed by atoms with Gasteiger partial charge in [0.15, 0.2) is 5.03 Å². The minimum Gasteiger partial charge on any atom is -0.320 e. The number of benzene rings is 1. The van der Waals surface area contributed by atoms with Crippen LogP contribution in [0.4, 0.5) is 5.69 Å². The van der Waals surface area contributed by atoms with E-state index in [4.69, 9.17) is 5.73 Å². The summed E-state index contributed by atoms with van der Waals surface area (Å²) in [6, 6.07) is 6.59. The highest BCUT2D eigenvalue weighted by molar-refractivity contribution is 7.92. The Bertz CT molecular complexity index is 755. The minimum atomic E-state index is -3.65. The number of nitrogens with one attached hydrogen (secondary N) is 2. The van der Waals surface area contributed by atoms with Crippen LogP contribution in [0.5, 0.6) is 0 Å². The Balaban J connectivity index is 2.27. The molecular formula is C13H14N4O2S. The van der Waals surface area contributed by atoms with Crippen molar-refractivity contribution in [1.82, 2.24) is 10.2 Å². The molecule has 20 heavy (non-hydrogen) atoms. The number of H-pyrrole nitrogens is 1. The lowest BCUT2D eigenvalue weighted by molar-refractivity contribution is 0.597. The Morgan fingerprint density at radius 1 is 1.40 bits per heavy atom. The Labute approximate surface area is 117 Å². The second-order valence-electron chi connectivity index (χ2n) is 4.06. The zero-order chi connectivity index (χ0) is 14.6. The Morgan fingerprint density at radius 2 is 2.20 bits per heavy atom. The molecule has 0 saturated carbocycles. The SMILES string of the molecule is Cc1cc(C#CCN)ccc1NS(=O)(=O)c1ccn[nH]1. The standard InChI is InChI=1S/C13H14N4O2S/c1-10-9-11(3-2-7-14)4-5-12(10)17-20(18,19)13-6-8-15-16-13/h4-6,8-9,17H,7,14H2,1H3,(H,15,16). The third-order valence-corrected chi connectivity index (χ3v) is 3.87. The lowest BCUT2D eigenvalue weighted by Gasteiger charge is -2.09. The Hall–Kier alpha value is -2.30. The van der Waals surface area contributed by atoms with E-state index < -0.39 is 10.0 Å². The third-order valence-electron chi connectivity index (χ3n) is 2.57. The lowest BCUT2D eigenvalue weighted by Crippen LogP contribution is -2.14. The first-order chi connectivity index (χ1) is 9.53. The van der Waals surface area contributed by atoms with Crippen molar-refractivity contribution < 1.29 is 8.42 Å². The Kier molecular flexibility index (Phi) is 4.08. The van der Waals surface area contributed by atoms with E-state index in [0.29, 0.717) is 5.69 Å². The summed E-state index contributed by atoms with van der Waals surface area (Å²) in [7, 11) is -3.65. The van der Waals surface area contributed by atoms with Gasteiger partial charge in [0.1, 0.15) is 0 Å². The van der Waals surface area contributed by atoms with Crippen LogP contribution < -0.4 is 10.5 Å². The molecular weight excluding hydrogens is 276 g/mol. The van der Waals surface area contributed by atoms with E-state index in [1.165, 1.54) is 12.3 Å². The van der Waals surface area contributed by atoms with Gasteiger partial charge in [-0.25, -0.2) is 0 Å². The van der Waals surface area contributed by atoms with Gasteiger partial charge in [-0.3, -0.25) is 9.82 Å². The van der Waals surface area contributed by atoms with Crippen LogP contribution in [0.3, 0.4) is 0 Å². The van der Waals surface area contributed by atoms with Crippen LogP contribution in [-0.4, -0.2) is 25.2 Å². The summed E-state index contributed by atoms with van der Waals surface area (Å²) in [5, 5.41) is 6.06. The number of hydrogen-bond donors (Lipinski definition) is 3. The fraction of sp³-hybridized carbons (Fsp3) is 0.154. The number of aryl methyl sites for hydroxylation is 1. The van der Waals surface area contributed by atoms with Crippen LogP contribution in [0.1, 0.15) is 11.1 Å². The molecule has 4 N–H and O–H groups in total. The van der Waals surface area contributed by atoms with E-state index in [9.17, 15) is 8.42 Å². The van der Waals surface area contributed by atoms with Crippen molar-refractivity contribution in [1.29, 1.82) is 0 Å². The summed E-state index contributed by atoms with van der Waals surface area (Å²) in [6.07, 6.45) is 1.38. The molecule has 104 valence electrons. The highest BCUT2D eigenvalue weighted by Gasteiger charge is 2.16. The van der Waals surface area contributed by atoms with Gasteiger partial charge in [0.25, 0.3) is 10.0 Å². The van der Waals surface area contributed by atoms with Gasteiger partial charge in [-0.1, -0.05) is 11.8 Å². The first-order valence-electron chi connectivity index (χ1n) is 5.85. The molecule has 0 aliphatic heterocycles. The molecule has 0 radical (unpaired) electrons. The van der Waals surface area contributed by atoms with Crippen LogP contribution in [0.2, 0.25) is 0 Å². The predicted molar refractivity (Wildman–Crippen MR) is 76.5 cm³/mol. The maximum absolute atomic E-state index is 12.0. The molecule has 0 aliphatic rings. The molecule has 1 aromatic carbocycles. The van der Waals surface area contributed by atoms with Crippen LogP contribution in [0.15, 0.2) is 35.5 Å². The van der Waals surface area contributed by atoms with E-state index in [-0.39, 0.29) is 11.6 Å². The van der Waals surface area contributed by atoms with E-state index in [2.05, 4.69) is 26.8 Å². The molecule has 6 nitrogen and oxygen atoms in total. The molecule has 0 amide bonds. The molecule has 2 rings (SSSR count). The second kappa shape index (κ2) is 5.77. The quantitative estimate of drug-likeness (QED) is 0.729. The van der Waals surface area contributed by atoms with Crippen molar-refractivity contribution >= 4 is 15.7 Å². The molecule has 2 aromatic rings. The van der Waals surface area contributed by atoms with E-state index in [1.54, 1.807) is 25.1 Å². The van der Waals surface area contributed by atoms with Crippen LogP contribution in [0.25, 0.3) is 0 Å². The van der Waals surface area contributed by atoms with Gasteiger partial charge in [0.05, 0.1) is 18.4 Å². The number of aromatic amines is 1. The van der Waals surface area contributed by atoms with Crippen molar-refractivity contribution in [2.24, 2.45) is 5.73 Å². The third kappa shape index (κ3) is 3.17. The first-order valence-corrected chi connectivity index (χ1v) is 7.33. The van der Waals surface area contributed by atoms with Crippen LogP contribution in [0, 0.1) is 18.8 Å². The molecule has 0 fully saturated rings. The number of aromatic nitrogens is 2. The van der Waals surface area contributed by atoms with Gasteiger partial charge in [0, 0.05) is 5.56 Å². The van der Waals surface area contributed by atoms with Gasteiger partial charge in [0.2, 0.25) is 0 Å². The maximum atomic E-state index is 12.0. The number of anilines is 1. The molecule has 0 atom stereocenters. The fourth-order valence-electron chi connectivity index (χ4n) is 1.60. The molecule has 0 aliphatic carbocycles. The average molecular weight is 290 g/mol. The summed E-state index contributed by atoms with van der Waals surface area (Å²) in [5.74, 6) is 5.64. The van der Waals surface area contributed by atoms with Crippen molar-refractivity contribution in [2.75, 3.05) is 11.3 Å². The monoisotopic (exact) mass is 290 g/mol. The average Bonchev–Trinajstić information content (AvgIpc) is 2.94. The largest absolute Gasteiger partial charge is 0.320 e. The summed E-state index contributed by atoms with van der Waals surface area (Å²) in [4.78, 5) is 0. The fourth-order valence-corrected chi connectivity index (χ4v) is 2.64. The van der Waals surface area contributed by atoms with E-state index >= 15 is 0 Å². The van der Waals surface area contributed by atoms with Gasteiger partial charge in [-0.05, 0) is 36.8 Å². The number of rotatable bonds is 3. The van der Waals surface area contributed by atoms with E-state index in [0.717, 1.165) is 11.1 Å². The predicted octanol–water partition coefficient (Wildman–Crippen LogP) is 0.829. The normalized spacial score (nSPS) is 10.7. The molecule has 1 heterocycles. The summed E-state index contributed by atoms with van der Waals surface area (Å²) >= 11 is 0. The van der Waals surface area contributed by atoms with Crippen molar-refractivity contribution in [3.05, 3.63) is 41.6 Å².